The van der Waals surface area contributed by atoms with Gasteiger partial charge in [-0.05, 0) is 6.07 Å². The van der Waals surface area contributed by atoms with Gasteiger partial charge in [0.05, 0.1) is 11.9 Å². The van der Waals surface area contributed by atoms with Crippen LogP contribution in [0.4, 0.5) is 0 Å². The highest BCUT2D eigenvalue weighted by Crippen LogP contribution is 2.14. The maximum absolute atomic E-state index is 12.4. The Morgan fingerprint density at radius 3 is 2.62 bits per heavy atom. The molecule has 0 saturated carbocycles. The number of aliphatic carboxylic acids is 1. The first-order valence-corrected chi connectivity index (χ1v) is 5.96. The molecule has 0 unspecified atom stereocenters. The van der Waals surface area contributed by atoms with Crippen molar-refractivity contribution < 1.29 is 14.7 Å². The average molecular weight is 285 g/mol. The highest BCUT2D eigenvalue weighted by molar-refractivity contribution is 6.05. The van der Waals surface area contributed by atoms with Crippen molar-refractivity contribution in [3.05, 3.63) is 40.3 Å². The maximum Gasteiger partial charge on any atom is 0.323 e. The van der Waals surface area contributed by atoms with Gasteiger partial charge in [-0.2, -0.15) is 5.10 Å². The number of amides is 1. The topological polar surface area (TPSA) is 103 Å². The summed E-state index contributed by atoms with van der Waals surface area (Å²) in [5.41, 5.74) is -0.467. The van der Waals surface area contributed by atoms with E-state index in [9.17, 15) is 14.4 Å². The van der Waals surface area contributed by atoms with Gasteiger partial charge in [0, 0.05) is 5.39 Å². The van der Waals surface area contributed by atoms with Gasteiger partial charge < -0.3 is 10.0 Å². The largest absolute Gasteiger partial charge is 0.480 e. The summed E-state index contributed by atoms with van der Waals surface area (Å²) < 4.78 is 0. The van der Waals surface area contributed by atoms with E-state index in [0.717, 1.165) is 4.90 Å². The molecule has 0 spiro atoms. The Labute approximate surface area is 119 Å². The Kier molecular flexibility index (Phi) is 4.00. The molecule has 1 aromatic carbocycles. The van der Waals surface area contributed by atoms with E-state index >= 15 is 0 Å². The molecule has 0 radical (unpaired) electrons. The second kappa shape index (κ2) is 5.88. The van der Waals surface area contributed by atoms with Crippen molar-refractivity contribution in [2.45, 2.75) is 0 Å². The first-order valence-electron chi connectivity index (χ1n) is 5.96. The van der Waals surface area contributed by atoms with Crippen LogP contribution in [0.2, 0.25) is 0 Å². The van der Waals surface area contributed by atoms with Crippen LogP contribution in [-0.2, 0) is 4.79 Å². The number of carboxylic acids is 1. The van der Waals surface area contributed by atoms with Crippen LogP contribution in [0.15, 0.2) is 29.1 Å². The number of benzene rings is 1. The SMILES string of the molecule is C#CCN(CC(=O)O)C(=O)c1n[nH]c(=O)c2ccccc12. The van der Waals surface area contributed by atoms with Gasteiger partial charge in [-0.15, -0.1) is 6.42 Å². The molecular formula is C14H11N3O4. The quantitative estimate of drug-likeness (QED) is 0.774. The highest BCUT2D eigenvalue weighted by Gasteiger charge is 2.21. The lowest BCUT2D eigenvalue weighted by molar-refractivity contribution is -0.137. The molecule has 2 rings (SSSR count). The normalized spacial score (nSPS) is 10.0. The van der Waals surface area contributed by atoms with Crippen molar-refractivity contribution in [2.24, 2.45) is 0 Å². The van der Waals surface area contributed by atoms with Crippen molar-refractivity contribution in [1.82, 2.24) is 15.1 Å². The van der Waals surface area contributed by atoms with Gasteiger partial charge in [0.1, 0.15) is 6.54 Å². The minimum Gasteiger partial charge on any atom is -0.480 e. The highest BCUT2D eigenvalue weighted by atomic mass is 16.4. The van der Waals surface area contributed by atoms with Crippen molar-refractivity contribution in [1.29, 1.82) is 0 Å². The summed E-state index contributed by atoms with van der Waals surface area (Å²) in [6.07, 6.45) is 5.14. The Balaban J connectivity index is 2.52. The number of fused-ring (bicyclic) bond motifs is 1. The molecule has 0 fully saturated rings. The molecule has 0 aliphatic carbocycles. The number of aromatic nitrogens is 2. The summed E-state index contributed by atoms with van der Waals surface area (Å²) in [5.74, 6) is 0.387. The van der Waals surface area contributed by atoms with Crippen LogP contribution < -0.4 is 5.56 Å². The van der Waals surface area contributed by atoms with Crippen LogP contribution in [0.5, 0.6) is 0 Å². The third kappa shape index (κ3) is 2.90. The lowest BCUT2D eigenvalue weighted by atomic mass is 10.1. The lowest BCUT2D eigenvalue weighted by Crippen LogP contribution is -2.37. The fourth-order valence-electron chi connectivity index (χ4n) is 1.90. The zero-order valence-corrected chi connectivity index (χ0v) is 10.9. The summed E-state index contributed by atoms with van der Waals surface area (Å²) in [7, 11) is 0. The van der Waals surface area contributed by atoms with Gasteiger partial charge in [-0.25, -0.2) is 5.10 Å². The molecule has 7 nitrogen and oxygen atoms in total. The number of aromatic amines is 1. The second-order valence-electron chi connectivity index (χ2n) is 4.21. The van der Waals surface area contributed by atoms with E-state index in [1.165, 1.54) is 0 Å². The molecule has 1 aromatic heterocycles. The number of rotatable bonds is 4. The fraction of sp³-hybridized carbons (Fsp3) is 0.143. The Morgan fingerprint density at radius 2 is 2.00 bits per heavy atom. The summed E-state index contributed by atoms with van der Waals surface area (Å²) in [4.78, 5) is 35.8. The van der Waals surface area contributed by atoms with E-state index in [-0.39, 0.29) is 12.2 Å². The minimum atomic E-state index is -1.19. The summed E-state index contributed by atoms with van der Waals surface area (Å²) in [6.45, 7) is -0.710. The number of hydrogen-bond donors (Lipinski definition) is 2. The molecule has 1 amide bonds. The fourth-order valence-corrected chi connectivity index (χ4v) is 1.90. The molecule has 0 bridgehead atoms. The number of H-pyrrole nitrogens is 1. The molecule has 0 saturated heterocycles. The molecular weight excluding hydrogens is 274 g/mol. The molecule has 0 aliphatic rings. The zero-order valence-electron chi connectivity index (χ0n) is 10.9. The van der Waals surface area contributed by atoms with Crippen LogP contribution >= 0.6 is 0 Å². The maximum atomic E-state index is 12.4. The number of carbonyl (C=O) groups is 2. The third-order valence-corrected chi connectivity index (χ3v) is 2.79. The molecule has 2 N–H and O–H groups in total. The molecule has 2 aromatic rings. The van der Waals surface area contributed by atoms with E-state index < -0.39 is 24.0 Å². The molecule has 0 atom stereocenters. The van der Waals surface area contributed by atoms with Crippen molar-refractivity contribution >= 4 is 22.6 Å². The number of terminal acetylenes is 1. The van der Waals surface area contributed by atoms with Crippen molar-refractivity contribution in [3.8, 4) is 12.3 Å². The van der Waals surface area contributed by atoms with Crippen LogP contribution in [0.25, 0.3) is 10.8 Å². The molecule has 21 heavy (non-hydrogen) atoms. The number of carboxylic acid groups (broad SMARTS) is 1. The first kappa shape index (κ1) is 14.3. The van der Waals surface area contributed by atoms with Gasteiger partial charge in [-0.1, -0.05) is 24.1 Å². The number of nitrogens with zero attached hydrogens (tertiary/aromatic N) is 2. The van der Waals surface area contributed by atoms with Crippen molar-refractivity contribution in [2.75, 3.05) is 13.1 Å². The Hall–Kier alpha value is -3.14. The third-order valence-electron chi connectivity index (χ3n) is 2.79. The smallest absolute Gasteiger partial charge is 0.323 e. The minimum absolute atomic E-state index is 0.0401. The second-order valence-corrected chi connectivity index (χ2v) is 4.21. The Morgan fingerprint density at radius 1 is 1.33 bits per heavy atom. The van der Waals surface area contributed by atoms with Gasteiger partial charge in [0.25, 0.3) is 11.5 Å². The molecule has 106 valence electrons. The van der Waals surface area contributed by atoms with Gasteiger partial charge in [0.2, 0.25) is 0 Å². The predicted octanol–water partition coefficient (Wildman–Crippen LogP) is 0.0831. The zero-order chi connectivity index (χ0) is 15.4. The standard InChI is InChI=1S/C14H11N3O4/c1-2-7-17(8-11(18)19)14(21)12-9-5-3-4-6-10(9)13(20)16-15-12/h1,3-6H,7-8H2,(H,16,20)(H,18,19). The Bertz CT molecular complexity index is 804. The van der Waals surface area contributed by atoms with Crippen LogP contribution in [0.1, 0.15) is 10.5 Å². The van der Waals surface area contributed by atoms with E-state index in [0.29, 0.717) is 10.8 Å². The average Bonchev–Trinajstić information content (AvgIpc) is 2.46. The number of nitrogens with one attached hydrogen (secondary N) is 1. The van der Waals surface area contributed by atoms with Crippen molar-refractivity contribution in [3.63, 3.8) is 0 Å². The molecule has 7 heteroatoms. The van der Waals surface area contributed by atoms with Gasteiger partial charge in [0.15, 0.2) is 5.69 Å². The number of hydrogen-bond acceptors (Lipinski definition) is 4. The first-order chi connectivity index (χ1) is 10.0. The van der Waals surface area contributed by atoms with Gasteiger partial charge >= 0.3 is 5.97 Å². The summed E-state index contributed by atoms with van der Waals surface area (Å²) >= 11 is 0. The van der Waals surface area contributed by atoms with Crippen LogP contribution in [0, 0.1) is 12.3 Å². The molecule has 1 heterocycles. The van der Waals surface area contributed by atoms with E-state index in [2.05, 4.69) is 16.1 Å². The van der Waals surface area contributed by atoms with E-state index in [1.807, 2.05) is 0 Å². The molecule has 0 aliphatic heterocycles. The lowest BCUT2D eigenvalue weighted by Gasteiger charge is -2.17. The van der Waals surface area contributed by atoms with E-state index in [1.54, 1.807) is 24.3 Å². The van der Waals surface area contributed by atoms with Crippen LogP contribution in [-0.4, -0.2) is 45.2 Å². The summed E-state index contributed by atoms with van der Waals surface area (Å²) in [5, 5.41) is 15.4. The van der Waals surface area contributed by atoms with E-state index in [4.69, 9.17) is 11.5 Å². The van der Waals surface area contributed by atoms with Gasteiger partial charge in [-0.3, -0.25) is 14.4 Å². The predicted molar refractivity (Wildman–Crippen MR) is 74.7 cm³/mol. The monoisotopic (exact) mass is 285 g/mol. The van der Waals surface area contributed by atoms with Crippen LogP contribution in [0.3, 0.4) is 0 Å². The summed E-state index contributed by atoms with van der Waals surface area (Å²) in [6, 6.07) is 6.43. The number of carbonyl (C=O) groups excluding carboxylic acids is 1.